The molecule has 7 nitrogen and oxygen atoms in total. The minimum Gasteiger partial charge on any atom is -0.494 e. The summed E-state index contributed by atoms with van der Waals surface area (Å²) in [6.45, 7) is 23.5. The highest BCUT2D eigenvalue weighted by Gasteiger charge is 2.25. The predicted molar refractivity (Wildman–Crippen MR) is 192 cm³/mol. The number of unbranched alkanes of at least 4 members (excludes halogenated alkanes) is 3. The summed E-state index contributed by atoms with van der Waals surface area (Å²) in [5.74, 6) is 2.11. The quantitative estimate of drug-likeness (QED) is 0.111. The lowest BCUT2D eigenvalue weighted by atomic mass is 9.92. The van der Waals surface area contributed by atoms with Gasteiger partial charge in [0, 0.05) is 36.9 Å². The fourth-order valence-corrected chi connectivity index (χ4v) is 5.83. The van der Waals surface area contributed by atoms with Crippen molar-refractivity contribution in [1.29, 1.82) is 0 Å². The van der Waals surface area contributed by atoms with Crippen molar-refractivity contribution < 1.29 is 14.3 Å². The fraction of sp³-hybridized carbons (Fsp3) is 0.658. The molecule has 2 unspecified atom stereocenters. The van der Waals surface area contributed by atoms with E-state index in [1.165, 1.54) is 50.5 Å². The number of aliphatic imine (C=N–C) groups is 1. The van der Waals surface area contributed by atoms with Gasteiger partial charge in [-0.1, -0.05) is 72.5 Å². The Morgan fingerprint density at radius 1 is 1.13 bits per heavy atom. The zero-order valence-corrected chi connectivity index (χ0v) is 29.4. The van der Waals surface area contributed by atoms with Crippen LogP contribution >= 0.6 is 0 Å². The van der Waals surface area contributed by atoms with Crippen LogP contribution in [0, 0.1) is 18.8 Å². The number of aryl methyl sites for hydroxylation is 1. The maximum atomic E-state index is 12.7. The number of carbonyl (C=O) groups is 2. The molecule has 45 heavy (non-hydrogen) atoms. The van der Waals surface area contributed by atoms with Crippen molar-refractivity contribution in [3.8, 4) is 5.75 Å². The molecule has 3 rings (SSSR count). The third-order valence-electron chi connectivity index (χ3n) is 8.76. The molecule has 254 valence electrons. The van der Waals surface area contributed by atoms with E-state index in [1.807, 2.05) is 38.1 Å². The van der Waals surface area contributed by atoms with Crippen LogP contribution in [0.4, 0.5) is 0 Å². The van der Waals surface area contributed by atoms with Gasteiger partial charge < -0.3 is 20.2 Å². The van der Waals surface area contributed by atoms with Crippen LogP contribution in [-0.4, -0.2) is 69.2 Å². The van der Waals surface area contributed by atoms with E-state index in [9.17, 15) is 4.79 Å². The van der Waals surface area contributed by atoms with Crippen molar-refractivity contribution in [1.82, 2.24) is 15.5 Å². The van der Waals surface area contributed by atoms with Crippen LogP contribution in [0.15, 0.2) is 47.1 Å². The molecule has 7 heteroatoms. The van der Waals surface area contributed by atoms with Gasteiger partial charge >= 0.3 is 0 Å². The number of piperidine rings is 1. The summed E-state index contributed by atoms with van der Waals surface area (Å²) in [7, 11) is 0. The normalized spacial score (nSPS) is 19.0. The van der Waals surface area contributed by atoms with Crippen molar-refractivity contribution in [3.63, 3.8) is 0 Å². The molecule has 0 aliphatic carbocycles. The van der Waals surface area contributed by atoms with E-state index in [4.69, 9.17) is 9.53 Å². The summed E-state index contributed by atoms with van der Waals surface area (Å²) in [5, 5.41) is 6.64. The van der Waals surface area contributed by atoms with Crippen LogP contribution < -0.4 is 15.4 Å². The molecular formula is C38H64N4O3. The molecule has 2 atom stereocenters. The highest BCUT2D eigenvalue weighted by atomic mass is 16.5. The van der Waals surface area contributed by atoms with Crippen molar-refractivity contribution in [2.24, 2.45) is 16.8 Å². The van der Waals surface area contributed by atoms with E-state index in [1.54, 1.807) is 0 Å². The molecule has 0 radical (unpaired) electrons. The molecular weight excluding hydrogens is 560 g/mol. The Labute approximate surface area is 275 Å². The van der Waals surface area contributed by atoms with Crippen LogP contribution in [-0.2, 0) is 4.79 Å². The lowest BCUT2D eigenvalue weighted by Crippen LogP contribution is -2.36. The maximum Gasteiger partial charge on any atom is 0.251 e. The Morgan fingerprint density at radius 3 is 2.38 bits per heavy atom. The zero-order valence-electron chi connectivity index (χ0n) is 29.4. The van der Waals surface area contributed by atoms with E-state index < -0.39 is 0 Å². The molecule has 2 aliphatic heterocycles. The maximum absolute atomic E-state index is 12.7. The third-order valence-corrected chi connectivity index (χ3v) is 8.76. The van der Waals surface area contributed by atoms with Crippen molar-refractivity contribution in [2.45, 2.75) is 118 Å². The molecule has 2 N–H and O–H groups in total. The Bertz CT molecular complexity index is 1010. The number of rotatable bonds is 16. The molecule has 1 amide bonds. The van der Waals surface area contributed by atoms with E-state index in [0.717, 1.165) is 74.8 Å². The van der Waals surface area contributed by atoms with Crippen LogP contribution in [0.5, 0.6) is 5.75 Å². The van der Waals surface area contributed by atoms with Gasteiger partial charge in [-0.05, 0) is 106 Å². The second-order valence-corrected chi connectivity index (χ2v) is 12.7. The first kappa shape index (κ1) is 40.3. The average Bonchev–Trinajstić information content (AvgIpc) is 3.51. The number of amides is 1. The van der Waals surface area contributed by atoms with Crippen molar-refractivity contribution in [3.05, 3.63) is 53.3 Å². The molecule has 0 bridgehead atoms. The summed E-state index contributed by atoms with van der Waals surface area (Å²) in [5.41, 5.74) is 2.93. The second-order valence-electron chi connectivity index (χ2n) is 12.7. The number of benzene rings is 1. The molecule has 2 aliphatic rings. The molecule has 0 saturated carbocycles. The van der Waals surface area contributed by atoms with Gasteiger partial charge in [-0.15, -0.1) is 0 Å². The Balaban J connectivity index is 0.00000113. The van der Waals surface area contributed by atoms with Gasteiger partial charge in [0.2, 0.25) is 0 Å². The number of allylic oxidation sites excluding steroid dienone is 2. The number of carbonyl (C=O) groups excluding carboxylic acids is 2. The standard InChI is InChI=1S/C31H48N4O2.C6H14.CH2O/c1-6-27-20-28(22-33-27)34-31(36)30-12-11-29(19-24(30)4)37-18-8-9-25-13-16-35(17-14-25)15-7-10-26(21-32-5)23(2)3;1-3-5-6-4-2;1-2/h7,10-12,19,21,23,25,27-28,33H,5-6,8-9,13-18,20,22H2,1-4H3,(H,34,36);3-6H2,1-2H3;1H2/b10-7-,26-21+;;. The van der Waals surface area contributed by atoms with E-state index >= 15 is 0 Å². The lowest BCUT2D eigenvalue weighted by Gasteiger charge is -2.31. The van der Waals surface area contributed by atoms with E-state index in [-0.39, 0.29) is 11.9 Å². The Morgan fingerprint density at radius 2 is 1.82 bits per heavy atom. The summed E-state index contributed by atoms with van der Waals surface area (Å²) >= 11 is 0. The highest BCUT2D eigenvalue weighted by Crippen LogP contribution is 2.23. The monoisotopic (exact) mass is 624 g/mol. The van der Waals surface area contributed by atoms with Gasteiger partial charge in [-0.3, -0.25) is 14.7 Å². The van der Waals surface area contributed by atoms with Crippen molar-refractivity contribution >= 4 is 19.4 Å². The molecule has 2 heterocycles. The number of hydrogen-bond acceptors (Lipinski definition) is 6. The Hall–Kier alpha value is -2.77. The van der Waals surface area contributed by atoms with Crippen molar-refractivity contribution in [2.75, 3.05) is 32.8 Å². The summed E-state index contributed by atoms with van der Waals surface area (Å²) < 4.78 is 6.03. The predicted octanol–water partition coefficient (Wildman–Crippen LogP) is 7.93. The van der Waals surface area contributed by atoms with Gasteiger partial charge in [-0.2, -0.15) is 0 Å². The minimum absolute atomic E-state index is 0.0139. The van der Waals surface area contributed by atoms with Gasteiger partial charge in [0.1, 0.15) is 12.5 Å². The first-order valence-corrected chi connectivity index (χ1v) is 17.4. The largest absolute Gasteiger partial charge is 0.494 e. The third kappa shape index (κ3) is 16.4. The van der Waals surface area contributed by atoms with Gasteiger partial charge in [0.25, 0.3) is 5.91 Å². The summed E-state index contributed by atoms with van der Waals surface area (Å²) in [4.78, 5) is 27.2. The molecule has 1 aromatic rings. The van der Waals surface area contributed by atoms with Crippen LogP contribution in [0.2, 0.25) is 0 Å². The SMILES string of the molecule is C=N/C=C(\C=C/CN1CCC(CCCOc2ccc(C(=O)NC3CNC(CC)C3)c(C)c2)CC1)C(C)C.C=O.CCCCCC. The zero-order chi connectivity index (χ0) is 33.5. The molecule has 1 aromatic carbocycles. The molecule has 0 aromatic heterocycles. The number of nitrogens with one attached hydrogen (secondary N) is 2. The summed E-state index contributed by atoms with van der Waals surface area (Å²) in [6.07, 6.45) is 18.7. The van der Waals surface area contributed by atoms with Crippen LogP contribution in [0.3, 0.4) is 0 Å². The van der Waals surface area contributed by atoms with Gasteiger partial charge in [0.05, 0.1) is 6.61 Å². The Kier molecular flexibility index (Phi) is 21.9. The van der Waals surface area contributed by atoms with E-state index in [0.29, 0.717) is 12.0 Å². The number of ether oxygens (including phenoxy) is 1. The first-order valence-electron chi connectivity index (χ1n) is 17.4. The molecule has 2 saturated heterocycles. The average molecular weight is 625 g/mol. The molecule has 2 fully saturated rings. The topological polar surface area (TPSA) is 83.0 Å². The molecule has 0 spiro atoms. The van der Waals surface area contributed by atoms with Gasteiger partial charge in [0.15, 0.2) is 0 Å². The summed E-state index contributed by atoms with van der Waals surface area (Å²) in [6, 6.07) is 6.55. The number of hydrogen-bond donors (Lipinski definition) is 2. The van der Waals surface area contributed by atoms with Crippen LogP contribution in [0.25, 0.3) is 0 Å². The first-order chi connectivity index (χ1) is 21.8. The lowest BCUT2D eigenvalue weighted by molar-refractivity contribution is -0.0980. The van der Waals surface area contributed by atoms with Crippen LogP contribution in [0.1, 0.15) is 115 Å². The van der Waals surface area contributed by atoms with Gasteiger partial charge in [-0.25, -0.2) is 0 Å². The fourth-order valence-electron chi connectivity index (χ4n) is 5.83. The number of nitrogens with zero attached hydrogens (tertiary/aromatic N) is 2. The highest BCUT2D eigenvalue weighted by molar-refractivity contribution is 5.96. The second kappa shape index (κ2) is 24.5. The van der Waals surface area contributed by atoms with E-state index in [2.05, 4.69) is 74.0 Å². The minimum atomic E-state index is 0.0139. The smallest absolute Gasteiger partial charge is 0.251 e. The number of likely N-dealkylation sites (tertiary alicyclic amines) is 1.